The van der Waals surface area contributed by atoms with E-state index in [4.69, 9.17) is 10.2 Å². The number of para-hydroxylation sites is 1. The average molecular weight is 270 g/mol. The van der Waals surface area contributed by atoms with Crippen molar-refractivity contribution in [2.45, 2.75) is 6.54 Å². The number of aryl methyl sites for hydroxylation is 1. The highest BCUT2D eigenvalue weighted by atomic mass is 16.3. The number of nitrogen functional groups attached to an aromatic ring is 1. The van der Waals surface area contributed by atoms with Crippen LogP contribution in [0.15, 0.2) is 41.1 Å². The molecular weight excluding hydrogens is 256 g/mol. The molecule has 3 N–H and O–H groups in total. The number of nitrogens with zero attached hydrogens (tertiary/aromatic N) is 2. The number of hydrogen-bond donors (Lipinski definition) is 2. The first-order valence-corrected chi connectivity index (χ1v) is 6.17. The molecule has 1 aromatic carbocycles. The number of aromatic nitrogens is 2. The van der Waals surface area contributed by atoms with Gasteiger partial charge < -0.3 is 15.5 Å². The van der Waals surface area contributed by atoms with Gasteiger partial charge in [-0.3, -0.25) is 9.48 Å². The summed E-state index contributed by atoms with van der Waals surface area (Å²) in [4.78, 5) is 12.2. The molecule has 0 aliphatic carbocycles. The Balaban J connectivity index is 1.78. The van der Waals surface area contributed by atoms with Crippen LogP contribution < -0.4 is 11.1 Å². The molecule has 0 spiro atoms. The number of rotatable bonds is 3. The van der Waals surface area contributed by atoms with Gasteiger partial charge in [0.05, 0.1) is 11.8 Å². The minimum Gasteiger partial charge on any atom is -0.463 e. The maximum absolute atomic E-state index is 12.2. The number of anilines is 1. The summed E-state index contributed by atoms with van der Waals surface area (Å²) < 4.78 is 6.91. The Labute approximate surface area is 115 Å². The van der Waals surface area contributed by atoms with Crippen molar-refractivity contribution in [3.8, 4) is 0 Å². The second-order valence-electron chi connectivity index (χ2n) is 4.51. The molecule has 0 fully saturated rings. The predicted octanol–water partition coefficient (Wildman–Crippen LogP) is 1.68. The molecule has 0 bridgehead atoms. The molecule has 6 heteroatoms. The quantitative estimate of drug-likeness (QED) is 0.758. The zero-order chi connectivity index (χ0) is 14.1. The number of carbonyl (C=O) groups is 1. The molecule has 0 aliphatic heterocycles. The average Bonchev–Trinajstić information content (AvgIpc) is 3.02. The lowest BCUT2D eigenvalue weighted by atomic mass is 10.1. The Kier molecular flexibility index (Phi) is 2.90. The summed E-state index contributed by atoms with van der Waals surface area (Å²) >= 11 is 0. The lowest BCUT2D eigenvalue weighted by Gasteiger charge is -2.03. The zero-order valence-electron chi connectivity index (χ0n) is 11.0. The van der Waals surface area contributed by atoms with E-state index in [-0.39, 0.29) is 5.91 Å². The standard InChI is InChI=1S/C14H14N4O2/c1-18-13(15)9(7-17-18)6-16-14(19)11-8-20-12-5-3-2-4-10(11)12/h2-5,7-8H,6,15H2,1H3,(H,16,19). The van der Waals surface area contributed by atoms with Crippen LogP contribution in [-0.4, -0.2) is 15.7 Å². The number of carbonyl (C=O) groups excluding carboxylic acids is 1. The van der Waals surface area contributed by atoms with E-state index in [0.717, 1.165) is 10.9 Å². The molecule has 0 aliphatic rings. The van der Waals surface area contributed by atoms with Crippen LogP contribution in [0, 0.1) is 0 Å². The van der Waals surface area contributed by atoms with Crippen molar-refractivity contribution in [3.63, 3.8) is 0 Å². The minimum absolute atomic E-state index is 0.196. The van der Waals surface area contributed by atoms with Crippen LogP contribution in [0.2, 0.25) is 0 Å². The molecule has 1 amide bonds. The van der Waals surface area contributed by atoms with Crippen molar-refractivity contribution < 1.29 is 9.21 Å². The normalized spacial score (nSPS) is 10.8. The first-order valence-electron chi connectivity index (χ1n) is 6.17. The maximum atomic E-state index is 12.2. The molecule has 6 nitrogen and oxygen atoms in total. The van der Waals surface area contributed by atoms with Crippen molar-refractivity contribution in [2.75, 3.05) is 5.73 Å². The van der Waals surface area contributed by atoms with Crippen LogP contribution in [0.25, 0.3) is 11.0 Å². The summed E-state index contributed by atoms with van der Waals surface area (Å²) in [5.41, 5.74) is 7.82. The van der Waals surface area contributed by atoms with Crippen LogP contribution in [0.5, 0.6) is 0 Å². The van der Waals surface area contributed by atoms with Crippen molar-refractivity contribution >= 4 is 22.7 Å². The SMILES string of the molecule is Cn1ncc(CNC(=O)c2coc3ccccc23)c1N. The molecule has 102 valence electrons. The molecule has 0 radical (unpaired) electrons. The second-order valence-corrected chi connectivity index (χ2v) is 4.51. The molecule has 0 saturated heterocycles. The third-order valence-electron chi connectivity index (χ3n) is 3.23. The van der Waals surface area contributed by atoms with E-state index in [1.54, 1.807) is 17.9 Å². The molecule has 2 heterocycles. The Morgan fingerprint density at radius 1 is 1.45 bits per heavy atom. The van der Waals surface area contributed by atoms with Gasteiger partial charge in [-0.1, -0.05) is 18.2 Å². The van der Waals surface area contributed by atoms with E-state index in [0.29, 0.717) is 23.5 Å². The molecule has 2 aromatic heterocycles. The third-order valence-corrected chi connectivity index (χ3v) is 3.23. The second kappa shape index (κ2) is 4.73. The first kappa shape index (κ1) is 12.3. The maximum Gasteiger partial charge on any atom is 0.255 e. The molecule has 0 saturated carbocycles. The highest BCUT2D eigenvalue weighted by molar-refractivity contribution is 6.05. The van der Waals surface area contributed by atoms with Gasteiger partial charge in [0.15, 0.2) is 0 Å². The number of amides is 1. The van der Waals surface area contributed by atoms with Gasteiger partial charge in [0.2, 0.25) is 0 Å². The Bertz CT molecular complexity index is 772. The van der Waals surface area contributed by atoms with Gasteiger partial charge in [0, 0.05) is 24.5 Å². The highest BCUT2D eigenvalue weighted by Crippen LogP contribution is 2.20. The largest absolute Gasteiger partial charge is 0.463 e. The van der Waals surface area contributed by atoms with Gasteiger partial charge in [0.25, 0.3) is 5.91 Å². The lowest BCUT2D eigenvalue weighted by molar-refractivity contribution is 0.0952. The van der Waals surface area contributed by atoms with E-state index < -0.39 is 0 Å². The summed E-state index contributed by atoms with van der Waals surface area (Å²) in [6, 6.07) is 7.41. The fourth-order valence-electron chi connectivity index (χ4n) is 2.05. The van der Waals surface area contributed by atoms with E-state index in [1.807, 2.05) is 24.3 Å². The molecule has 3 aromatic rings. The van der Waals surface area contributed by atoms with Crippen LogP contribution in [0.1, 0.15) is 15.9 Å². The van der Waals surface area contributed by atoms with E-state index >= 15 is 0 Å². The number of nitrogens with one attached hydrogen (secondary N) is 1. The third kappa shape index (κ3) is 2.01. The van der Waals surface area contributed by atoms with Gasteiger partial charge in [0.1, 0.15) is 17.7 Å². The Hall–Kier alpha value is -2.76. The van der Waals surface area contributed by atoms with E-state index in [1.165, 1.54) is 6.26 Å². The first-order chi connectivity index (χ1) is 9.66. The zero-order valence-corrected chi connectivity index (χ0v) is 11.0. The predicted molar refractivity (Wildman–Crippen MR) is 75.0 cm³/mol. The summed E-state index contributed by atoms with van der Waals surface area (Å²) in [7, 11) is 1.75. The minimum atomic E-state index is -0.196. The molecule has 3 rings (SSSR count). The number of fused-ring (bicyclic) bond motifs is 1. The Morgan fingerprint density at radius 3 is 3.00 bits per heavy atom. The van der Waals surface area contributed by atoms with Gasteiger partial charge in [-0.25, -0.2) is 0 Å². The van der Waals surface area contributed by atoms with Crippen molar-refractivity contribution in [1.29, 1.82) is 0 Å². The number of nitrogens with two attached hydrogens (primary N) is 1. The summed E-state index contributed by atoms with van der Waals surface area (Å²) in [5, 5.41) is 7.64. The van der Waals surface area contributed by atoms with Gasteiger partial charge in [-0.05, 0) is 6.07 Å². The van der Waals surface area contributed by atoms with E-state index in [9.17, 15) is 4.79 Å². The number of hydrogen-bond acceptors (Lipinski definition) is 4. The van der Waals surface area contributed by atoms with Crippen LogP contribution >= 0.6 is 0 Å². The van der Waals surface area contributed by atoms with Crippen LogP contribution in [0.4, 0.5) is 5.82 Å². The number of furan rings is 1. The fourth-order valence-corrected chi connectivity index (χ4v) is 2.05. The monoisotopic (exact) mass is 270 g/mol. The van der Waals surface area contributed by atoms with Gasteiger partial charge in [-0.2, -0.15) is 5.10 Å². The van der Waals surface area contributed by atoms with Crippen molar-refractivity contribution in [2.24, 2.45) is 7.05 Å². The van der Waals surface area contributed by atoms with Crippen molar-refractivity contribution in [3.05, 3.63) is 47.9 Å². The molecule has 0 atom stereocenters. The summed E-state index contributed by atoms with van der Waals surface area (Å²) in [5.74, 6) is 0.348. The fraction of sp³-hybridized carbons (Fsp3) is 0.143. The Morgan fingerprint density at radius 2 is 2.25 bits per heavy atom. The van der Waals surface area contributed by atoms with Gasteiger partial charge in [-0.15, -0.1) is 0 Å². The summed E-state index contributed by atoms with van der Waals surface area (Å²) in [6.07, 6.45) is 3.11. The smallest absolute Gasteiger partial charge is 0.255 e. The van der Waals surface area contributed by atoms with Crippen LogP contribution in [0.3, 0.4) is 0 Å². The van der Waals surface area contributed by atoms with E-state index in [2.05, 4.69) is 10.4 Å². The summed E-state index contributed by atoms with van der Waals surface area (Å²) in [6.45, 7) is 0.331. The lowest BCUT2D eigenvalue weighted by Crippen LogP contribution is -2.22. The van der Waals surface area contributed by atoms with Crippen LogP contribution in [-0.2, 0) is 13.6 Å². The topological polar surface area (TPSA) is 86.1 Å². The molecule has 0 unspecified atom stereocenters. The molecule has 20 heavy (non-hydrogen) atoms. The highest BCUT2D eigenvalue weighted by Gasteiger charge is 2.14. The van der Waals surface area contributed by atoms with Crippen molar-refractivity contribution in [1.82, 2.24) is 15.1 Å². The number of benzene rings is 1. The van der Waals surface area contributed by atoms with Gasteiger partial charge >= 0.3 is 0 Å². The molecular formula is C14H14N4O2.